The van der Waals surface area contributed by atoms with Crippen LogP contribution in [0.3, 0.4) is 0 Å². The minimum absolute atomic E-state index is 0.0632. The standard InChI is InChI=1S/C32H32Cl2N2O5/c1-5-40-30(38)29-28(27-24(34)18-22(33)19-25(27)36(29)31(39)41-32(2,3)4)35-16-15-26(37)23-14-10-9-13-21(23)17-20-11-7-6-8-12-20/h6-14,18-19,35H,5,15-17H2,1-4H3. The van der Waals surface area contributed by atoms with Gasteiger partial charge >= 0.3 is 12.1 Å². The van der Waals surface area contributed by atoms with Crippen LogP contribution in [0.25, 0.3) is 10.9 Å². The maximum absolute atomic E-state index is 13.4. The van der Waals surface area contributed by atoms with Gasteiger partial charge in [0.05, 0.1) is 22.8 Å². The summed E-state index contributed by atoms with van der Waals surface area (Å²) in [6.07, 6.45) is -0.0377. The van der Waals surface area contributed by atoms with Crippen molar-refractivity contribution in [3.05, 3.63) is 99.2 Å². The first-order chi connectivity index (χ1) is 19.5. The lowest BCUT2D eigenvalue weighted by molar-refractivity contribution is 0.0455. The van der Waals surface area contributed by atoms with E-state index in [1.807, 2.05) is 54.6 Å². The van der Waals surface area contributed by atoms with Crippen LogP contribution in [0, 0.1) is 0 Å². The molecule has 1 N–H and O–H groups in total. The van der Waals surface area contributed by atoms with Gasteiger partial charge in [-0.3, -0.25) is 4.79 Å². The molecule has 7 nitrogen and oxygen atoms in total. The van der Waals surface area contributed by atoms with Crippen molar-refractivity contribution in [2.75, 3.05) is 18.5 Å². The number of nitrogens with one attached hydrogen (secondary N) is 1. The molecule has 0 radical (unpaired) electrons. The van der Waals surface area contributed by atoms with Crippen molar-refractivity contribution in [2.24, 2.45) is 0 Å². The zero-order valence-electron chi connectivity index (χ0n) is 23.4. The molecule has 214 valence electrons. The lowest BCUT2D eigenvalue weighted by Gasteiger charge is -2.21. The number of Topliss-reactive ketones (excluding diaryl/α,β-unsaturated/α-hetero) is 1. The summed E-state index contributed by atoms with van der Waals surface area (Å²) in [5.41, 5.74) is 2.28. The number of anilines is 1. The molecule has 3 aromatic carbocycles. The van der Waals surface area contributed by atoms with Gasteiger partial charge in [0.25, 0.3) is 0 Å². The maximum atomic E-state index is 13.4. The Kier molecular flexibility index (Phi) is 9.41. The third-order valence-corrected chi connectivity index (χ3v) is 6.76. The third kappa shape index (κ3) is 7.10. The van der Waals surface area contributed by atoms with Crippen LogP contribution in [-0.2, 0) is 15.9 Å². The first kappa shape index (κ1) is 30.2. The number of nitrogens with zero attached hydrogens (tertiary/aromatic N) is 1. The van der Waals surface area contributed by atoms with E-state index in [0.717, 1.165) is 15.7 Å². The highest BCUT2D eigenvalue weighted by atomic mass is 35.5. The number of ether oxygens (including phenoxy) is 2. The Balaban J connectivity index is 1.68. The first-order valence-corrected chi connectivity index (χ1v) is 14.1. The van der Waals surface area contributed by atoms with E-state index < -0.39 is 17.7 Å². The van der Waals surface area contributed by atoms with Gasteiger partial charge in [0, 0.05) is 28.9 Å². The van der Waals surface area contributed by atoms with E-state index in [-0.39, 0.29) is 52.3 Å². The minimum Gasteiger partial charge on any atom is -0.461 e. The van der Waals surface area contributed by atoms with Crippen molar-refractivity contribution in [2.45, 2.75) is 46.1 Å². The van der Waals surface area contributed by atoms with Gasteiger partial charge in [-0.2, -0.15) is 0 Å². The number of aromatic nitrogens is 1. The second-order valence-corrected chi connectivity index (χ2v) is 11.3. The number of fused-ring (bicyclic) bond motifs is 1. The van der Waals surface area contributed by atoms with E-state index in [1.165, 1.54) is 12.1 Å². The molecule has 0 saturated carbocycles. The van der Waals surface area contributed by atoms with E-state index in [1.54, 1.807) is 27.7 Å². The molecule has 1 aromatic heterocycles. The number of hydrogen-bond donors (Lipinski definition) is 1. The average Bonchev–Trinajstić information content (AvgIpc) is 3.23. The van der Waals surface area contributed by atoms with Crippen molar-refractivity contribution in [3.8, 4) is 0 Å². The smallest absolute Gasteiger partial charge is 0.419 e. The van der Waals surface area contributed by atoms with Gasteiger partial charge in [-0.15, -0.1) is 0 Å². The maximum Gasteiger partial charge on any atom is 0.419 e. The molecule has 9 heteroatoms. The SMILES string of the molecule is CCOC(=O)c1c(NCCC(=O)c2ccccc2Cc2ccccc2)c2c(Cl)cc(Cl)cc2n1C(=O)OC(C)(C)C. The number of esters is 1. The molecule has 1 heterocycles. The van der Waals surface area contributed by atoms with Gasteiger partial charge in [-0.05, 0) is 57.4 Å². The fraction of sp³-hybridized carbons (Fsp3) is 0.281. The highest BCUT2D eigenvalue weighted by Gasteiger charge is 2.31. The number of ketones is 1. The molecule has 0 atom stereocenters. The normalized spacial score (nSPS) is 11.4. The first-order valence-electron chi connectivity index (χ1n) is 13.3. The van der Waals surface area contributed by atoms with E-state index in [9.17, 15) is 14.4 Å². The van der Waals surface area contributed by atoms with Crippen LogP contribution in [0.2, 0.25) is 10.0 Å². The van der Waals surface area contributed by atoms with Gasteiger partial charge in [0.1, 0.15) is 5.60 Å². The molecule has 0 amide bonds. The number of hydrogen-bond acceptors (Lipinski definition) is 6. The summed E-state index contributed by atoms with van der Waals surface area (Å²) in [7, 11) is 0. The van der Waals surface area contributed by atoms with E-state index in [2.05, 4.69) is 5.32 Å². The molecule has 0 spiro atoms. The van der Waals surface area contributed by atoms with Crippen LogP contribution >= 0.6 is 23.2 Å². The number of carbonyl (C=O) groups excluding carboxylic acids is 3. The monoisotopic (exact) mass is 594 g/mol. The second-order valence-electron chi connectivity index (χ2n) is 10.5. The zero-order chi connectivity index (χ0) is 29.7. The summed E-state index contributed by atoms with van der Waals surface area (Å²) >= 11 is 12.9. The minimum atomic E-state index is -0.838. The number of rotatable bonds is 9. The Hall–Kier alpha value is -3.81. The summed E-state index contributed by atoms with van der Waals surface area (Å²) in [6, 6.07) is 20.5. The quantitative estimate of drug-likeness (QED) is 0.155. The average molecular weight is 596 g/mol. The van der Waals surface area contributed by atoms with Gasteiger partial charge in [-0.25, -0.2) is 14.2 Å². The fourth-order valence-electron chi connectivity index (χ4n) is 4.59. The molecule has 4 rings (SSSR count). The van der Waals surface area contributed by atoms with Gasteiger partial charge in [-0.1, -0.05) is 77.8 Å². The molecule has 4 aromatic rings. The highest BCUT2D eigenvalue weighted by molar-refractivity contribution is 6.40. The summed E-state index contributed by atoms with van der Waals surface area (Å²) in [4.78, 5) is 39.9. The fourth-order valence-corrected chi connectivity index (χ4v) is 5.17. The number of carbonyl (C=O) groups is 3. The molecular formula is C32H32Cl2N2O5. The van der Waals surface area contributed by atoms with E-state index in [0.29, 0.717) is 17.4 Å². The van der Waals surface area contributed by atoms with Crippen LogP contribution in [0.1, 0.15) is 66.1 Å². The van der Waals surface area contributed by atoms with Gasteiger partial charge in [0.15, 0.2) is 11.5 Å². The molecular weight excluding hydrogens is 563 g/mol. The molecule has 0 bridgehead atoms. The summed E-state index contributed by atoms with van der Waals surface area (Å²) in [5.74, 6) is -0.810. The van der Waals surface area contributed by atoms with Crippen molar-refractivity contribution >= 4 is 57.6 Å². The van der Waals surface area contributed by atoms with E-state index in [4.69, 9.17) is 32.7 Å². The summed E-state index contributed by atoms with van der Waals surface area (Å²) < 4.78 is 12.0. The lowest BCUT2D eigenvalue weighted by atomic mass is 9.96. The topological polar surface area (TPSA) is 86.6 Å². The summed E-state index contributed by atoms with van der Waals surface area (Å²) in [6.45, 7) is 7.08. The Morgan fingerprint density at radius 3 is 2.32 bits per heavy atom. The number of halogens is 2. The van der Waals surface area contributed by atoms with Crippen LogP contribution < -0.4 is 5.32 Å². The molecule has 0 unspecified atom stereocenters. The zero-order valence-corrected chi connectivity index (χ0v) is 24.9. The van der Waals surface area contributed by atoms with Gasteiger partial charge < -0.3 is 14.8 Å². The Morgan fingerprint density at radius 2 is 1.63 bits per heavy atom. The Morgan fingerprint density at radius 1 is 0.951 bits per heavy atom. The number of benzene rings is 3. The largest absolute Gasteiger partial charge is 0.461 e. The van der Waals surface area contributed by atoms with Gasteiger partial charge in [0.2, 0.25) is 0 Å². The third-order valence-electron chi connectivity index (χ3n) is 6.24. The molecule has 41 heavy (non-hydrogen) atoms. The van der Waals surface area contributed by atoms with Crippen molar-refractivity contribution < 1.29 is 23.9 Å². The van der Waals surface area contributed by atoms with Crippen LogP contribution in [0.15, 0.2) is 66.7 Å². The second kappa shape index (κ2) is 12.8. The van der Waals surface area contributed by atoms with Crippen molar-refractivity contribution in [1.82, 2.24) is 4.57 Å². The molecule has 0 aliphatic heterocycles. The van der Waals surface area contributed by atoms with Crippen molar-refractivity contribution in [1.29, 1.82) is 0 Å². The van der Waals surface area contributed by atoms with Crippen molar-refractivity contribution in [3.63, 3.8) is 0 Å². The van der Waals surface area contributed by atoms with E-state index >= 15 is 0 Å². The summed E-state index contributed by atoms with van der Waals surface area (Å²) in [5, 5.41) is 4.08. The Bertz CT molecular complexity index is 1590. The molecule has 0 aliphatic rings. The highest BCUT2D eigenvalue weighted by Crippen LogP contribution is 2.39. The molecule has 0 aliphatic carbocycles. The predicted molar refractivity (Wildman–Crippen MR) is 163 cm³/mol. The van der Waals surface area contributed by atoms with Crippen LogP contribution in [0.5, 0.6) is 0 Å². The molecule has 0 saturated heterocycles. The Labute approximate surface area is 249 Å². The lowest BCUT2D eigenvalue weighted by Crippen LogP contribution is -2.29. The molecule has 0 fully saturated rings. The van der Waals surface area contributed by atoms with Crippen LogP contribution in [0.4, 0.5) is 10.5 Å². The van der Waals surface area contributed by atoms with Crippen LogP contribution in [-0.4, -0.2) is 41.2 Å². The predicted octanol–water partition coefficient (Wildman–Crippen LogP) is 8.18.